The smallest absolute Gasteiger partial charge is 0.254 e. The van der Waals surface area contributed by atoms with Crippen LogP contribution in [0.3, 0.4) is 0 Å². The summed E-state index contributed by atoms with van der Waals surface area (Å²) in [5, 5.41) is 2.79. The largest absolute Gasteiger partial charge is 0.343 e. The molecule has 0 fully saturated rings. The molecule has 0 bridgehead atoms. The van der Waals surface area contributed by atoms with E-state index >= 15 is 0 Å². The summed E-state index contributed by atoms with van der Waals surface area (Å²) < 4.78 is 41.4. The zero-order chi connectivity index (χ0) is 21.1. The number of pyridine rings is 1. The van der Waals surface area contributed by atoms with Crippen LogP contribution < -0.4 is 10.0 Å². The molecule has 2 aromatic rings. The van der Waals surface area contributed by atoms with Crippen LogP contribution in [-0.4, -0.2) is 25.4 Å². The number of hydrogen-bond acceptors (Lipinski definition) is 4. The van der Waals surface area contributed by atoms with Crippen LogP contribution in [0.1, 0.15) is 55.4 Å². The second-order valence-corrected chi connectivity index (χ2v) is 9.03. The van der Waals surface area contributed by atoms with Crippen LogP contribution in [0, 0.1) is 18.7 Å². The molecule has 8 heteroatoms. The summed E-state index contributed by atoms with van der Waals surface area (Å²) in [6.07, 6.45) is 1.63. The average Bonchev–Trinajstić information content (AvgIpc) is 2.59. The third kappa shape index (κ3) is 5.14. The first-order valence-electron chi connectivity index (χ1n) is 9.07. The van der Waals surface area contributed by atoms with Gasteiger partial charge in [0, 0.05) is 12.2 Å². The number of carbonyl (C=O) groups is 1. The maximum absolute atomic E-state index is 14.3. The van der Waals surface area contributed by atoms with E-state index in [-0.39, 0.29) is 22.4 Å². The summed E-state index contributed by atoms with van der Waals surface area (Å²) in [5.41, 5.74) is 1.27. The van der Waals surface area contributed by atoms with E-state index in [4.69, 9.17) is 0 Å². The van der Waals surface area contributed by atoms with Crippen LogP contribution in [-0.2, 0) is 10.0 Å². The fraction of sp³-hybridized carbons (Fsp3) is 0.400. The number of carbonyl (C=O) groups excluding carboxylic acids is 1. The molecule has 1 amide bonds. The highest BCUT2D eigenvalue weighted by Crippen LogP contribution is 2.24. The fourth-order valence-electron chi connectivity index (χ4n) is 2.82. The predicted molar refractivity (Wildman–Crippen MR) is 106 cm³/mol. The van der Waals surface area contributed by atoms with Gasteiger partial charge in [-0.2, -0.15) is 0 Å². The number of halogens is 1. The molecule has 1 aromatic heterocycles. The van der Waals surface area contributed by atoms with Gasteiger partial charge in [-0.05, 0) is 56.5 Å². The Labute approximate surface area is 165 Å². The van der Waals surface area contributed by atoms with Crippen LogP contribution in [0.5, 0.6) is 0 Å². The zero-order valence-corrected chi connectivity index (χ0v) is 17.5. The Kier molecular flexibility index (Phi) is 6.90. The number of benzene rings is 1. The molecule has 2 rings (SSSR count). The number of aromatic nitrogens is 1. The van der Waals surface area contributed by atoms with E-state index in [0.717, 1.165) is 23.8 Å². The number of hydrogen-bond donors (Lipinski definition) is 2. The van der Waals surface area contributed by atoms with E-state index < -0.39 is 27.8 Å². The van der Waals surface area contributed by atoms with Crippen LogP contribution >= 0.6 is 0 Å². The number of aryl methyl sites for hydroxylation is 1. The molecule has 6 nitrogen and oxygen atoms in total. The van der Waals surface area contributed by atoms with Crippen molar-refractivity contribution >= 4 is 15.9 Å². The van der Waals surface area contributed by atoms with Gasteiger partial charge in [0.2, 0.25) is 10.0 Å². The third-order valence-electron chi connectivity index (χ3n) is 4.18. The predicted octanol–water partition coefficient (Wildman–Crippen LogP) is 3.34. The van der Waals surface area contributed by atoms with Crippen molar-refractivity contribution < 1.29 is 17.6 Å². The molecule has 0 aliphatic heterocycles. The Morgan fingerprint density at radius 1 is 1.14 bits per heavy atom. The lowest BCUT2D eigenvalue weighted by atomic mass is 9.97. The maximum atomic E-state index is 14.3. The molecule has 0 saturated carbocycles. The minimum Gasteiger partial charge on any atom is -0.343 e. The lowest BCUT2D eigenvalue weighted by molar-refractivity contribution is 0.0920. The fourth-order valence-corrected chi connectivity index (χ4v) is 4.09. The number of rotatable bonds is 7. The number of sulfonamides is 1. The summed E-state index contributed by atoms with van der Waals surface area (Å²) in [4.78, 5) is 17.0. The van der Waals surface area contributed by atoms with Crippen molar-refractivity contribution in [2.75, 3.05) is 0 Å². The number of nitrogens with zero attached hydrogens (tertiary/aromatic N) is 1. The van der Waals surface area contributed by atoms with Crippen LogP contribution in [0.2, 0.25) is 0 Å². The van der Waals surface area contributed by atoms with E-state index in [0.29, 0.717) is 5.69 Å². The van der Waals surface area contributed by atoms with Gasteiger partial charge >= 0.3 is 0 Å². The van der Waals surface area contributed by atoms with Crippen molar-refractivity contribution in [3.63, 3.8) is 0 Å². The van der Waals surface area contributed by atoms with E-state index in [2.05, 4.69) is 15.0 Å². The molecule has 0 saturated heterocycles. The second-order valence-electron chi connectivity index (χ2n) is 7.32. The molecular formula is C20H26FN3O3S. The molecule has 1 unspecified atom stereocenters. The Balaban J connectivity index is 2.38. The lowest BCUT2D eigenvalue weighted by Gasteiger charge is -2.23. The van der Waals surface area contributed by atoms with E-state index in [1.54, 1.807) is 26.1 Å². The van der Waals surface area contributed by atoms with Gasteiger partial charge in [0.05, 0.1) is 22.2 Å². The summed E-state index contributed by atoms with van der Waals surface area (Å²) in [6.45, 7) is 9.08. The van der Waals surface area contributed by atoms with Crippen LogP contribution in [0.25, 0.3) is 0 Å². The molecule has 0 aliphatic rings. The number of nitrogens with one attached hydrogen (secondary N) is 2. The first kappa shape index (κ1) is 22.0. The Hall–Kier alpha value is -2.32. The highest BCUT2D eigenvalue weighted by Gasteiger charge is 2.25. The molecular weight excluding hydrogens is 381 g/mol. The lowest BCUT2D eigenvalue weighted by Crippen LogP contribution is -2.34. The molecule has 28 heavy (non-hydrogen) atoms. The van der Waals surface area contributed by atoms with E-state index in [9.17, 15) is 17.6 Å². The first-order valence-corrected chi connectivity index (χ1v) is 10.6. The Morgan fingerprint density at radius 3 is 2.39 bits per heavy atom. The second kappa shape index (κ2) is 8.79. The minimum atomic E-state index is -3.85. The molecule has 1 heterocycles. The number of amides is 1. The summed E-state index contributed by atoms with van der Waals surface area (Å²) >= 11 is 0. The van der Waals surface area contributed by atoms with Gasteiger partial charge in [-0.25, -0.2) is 17.5 Å². The standard InChI is InChI=1S/C20H26FN3O3S/c1-12(2)18(19-14(5)7-6-10-22-19)23-20(25)16-11-15(8-9-17(16)21)28(26,27)24-13(3)4/h6-13,18,24H,1-5H3,(H,23,25). The van der Waals surface area contributed by atoms with Gasteiger partial charge in [0.1, 0.15) is 5.82 Å². The monoisotopic (exact) mass is 407 g/mol. The molecule has 0 radical (unpaired) electrons. The summed E-state index contributed by atoms with van der Waals surface area (Å²) in [6, 6.07) is 6.09. The average molecular weight is 408 g/mol. The zero-order valence-electron chi connectivity index (χ0n) is 16.7. The highest BCUT2D eigenvalue weighted by molar-refractivity contribution is 7.89. The van der Waals surface area contributed by atoms with Crippen molar-refractivity contribution in [1.82, 2.24) is 15.0 Å². The summed E-state index contributed by atoms with van der Waals surface area (Å²) in [5.74, 6) is -1.49. The van der Waals surface area contributed by atoms with Gasteiger partial charge in [-0.1, -0.05) is 19.9 Å². The Morgan fingerprint density at radius 2 is 1.82 bits per heavy atom. The van der Waals surface area contributed by atoms with Crippen molar-refractivity contribution in [3.8, 4) is 0 Å². The normalized spacial score (nSPS) is 13.0. The molecule has 0 spiro atoms. The molecule has 1 aromatic carbocycles. The van der Waals surface area contributed by atoms with Crippen molar-refractivity contribution in [1.29, 1.82) is 0 Å². The van der Waals surface area contributed by atoms with Gasteiger partial charge in [-0.3, -0.25) is 9.78 Å². The highest BCUT2D eigenvalue weighted by atomic mass is 32.2. The molecule has 152 valence electrons. The van der Waals surface area contributed by atoms with Gasteiger partial charge in [0.15, 0.2) is 0 Å². The topological polar surface area (TPSA) is 88.2 Å². The molecule has 1 atom stereocenters. The Bertz CT molecular complexity index is 959. The maximum Gasteiger partial charge on any atom is 0.254 e. The first-order chi connectivity index (χ1) is 13.0. The quantitative estimate of drug-likeness (QED) is 0.737. The SMILES string of the molecule is Cc1cccnc1C(NC(=O)c1cc(S(=O)(=O)NC(C)C)ccc1F)C(C)C. The van der Waals surface area contributed by atoms with Crippen molar-refractivity contribution in [3.05, 3.63) is 59.2 Å². The third-order valence-corrected chi connectivity index (χ3v) is 5.84. The van der Waals surface area contributed by atoms with Gasteiger partial charge < -0.3 is 5.32 Å². The van der Waals surface area contributed by atoms with E-state index in [1.165, 1.54) is 0 Å². The van der Waals surface area contributed by atoms with Crippen LogP contribution in [0.4, 0.5) is 4.39 Å². The summed E-state index contributed by atoms with van der Waals surface area (Å²) in [7, 11) is -3.85. The van der Waals surface area contributed by atoms with Gasteiger partial charge in [0.25, 0.3) is 5.91 Å². The van der Waals surface area contributed by atoms with Crippen molar-refractivity contribution in [2.45, 2.75) is 51.6 Å². The van der Waals surface area contributed by atoms with Gasteiger partial charge in [-0.15, -0.1) is 0 Å². The van der Waals surface area contributed by atoms with Crippen LogP contribution in [0.15, 0.2) is 41.4 Å². The van der Waals surface area contributed by atoms with E-state index in [1.807, 2.05) is 26.8 Å². The molecule has 2 N–H and O–H groups in total. The minimum absolute atomic E-state index is 0.00451. The van der Waals surface area contributed by atoms with Crippen molar-refractivity contribution in [2.24, 2.45) is 5.92 Å². The molecule has 0 aliphatic carbocycles.